The van der Waals surface area contributed by atoms with Gasteiger partial charge in [-0.1, -0.05) is 0 Å². The molecule has 13 heavy (non-hydrogen) atoms. The lowest BCUT2D eigenvalue weighted by Crippen LogP contribution is -2.21. The summed E-state index contributed by atoms with van der Waals surface area (Å²) >= 11 is 0. The third kappa shape index (κ3) is 2.58. The molecule has 0 spiro atoms. The molecular formula is C7H10N4O2. The van der Waals surface area contributed by atoms with Gasteiger partial charge in [0.25, 0.3) is 5.56 Å². The van der Waals surface area contributed by atoms with E-state index in [1.165, 1.54) is 12.5 Å². The minimum atomic E-state index is -0.534. The van der Waals surface area contributed by atoms with Gasteiger partial charge in [-0.2, -0.15) is 0 Å². The smallest absolute Gasteiger partial charge is 0.325 e. The number of nitrogens with one attached hydrogen (secondary N) is 2. The third-order valence-corrected chi connectivity index (χ3v) is 1.23. The Labute approximate surface area is 73.9 Å². The van der Waals surface area contributed by atoms with E-state index in [2.05, 4.69) is 15.0 Å². The van der Waals surface area contributed by atoms with Crippen molar-refractivity contribution in [3.8, 4) is 0 Å². The summed E-state index contributed by atoms with van der Waals surface area (Å²) in [4.78, 5) is 31.6. The van der Waals surface area contributed by atoms with E-state index in [0.717, 1.165) is 0 Å². The Kier molecular flexibility index (Phi) is 2.63. The lowest BCUT2D eigenvalue weighted by molar-refractivity contribution is 0.643. The van der Waals surface area contributed by atoms with Crippen LogP contribution in [0.4, 0.5) is 5.69 Å². The second-order valence-corrected chi connectivity index (χ2v) is 2.67. The number of H-pyrrole nitrogens is 2. The van der Waals surface area contributed by atoms with Gasteiger partial charge in [0.1, 0.15) is 5.69 Å². The summed E-state index contributed by atoms with van der Waals surface area (Å²) in [6.07, 6.45) is 2.74. The summed E-state index contributed by atoms with van der Waals surface area (Å²) in [6.45, 7) is 0. The van der Waals surface area contributed by atoms with Crippen molar-refractivity contribution in [2.75, 3.05) is 14.1 Å². The van der Waals surface area contributed by atoms with Gasteiger partial charge in [-0.3, -0.25) is 9.78 Å². The van der Waals surface area contributed by atoms with Gasteiger partial charge in [0.05, 0.1) is 6.34 Å². The van der Waals surface area contributed by atoms with Crippen molar-refractivity contribution in [1.82, 2.24) is 14.9 Å². The average Bonchev–Trinajstić information content (AvgIpc) is 2.02. The van der Waals surface area contributed by atoms with Gasteiger partial charge in [0.2, 0.25) is 0 Å². The van der Waals surface area contributed by atoms with Gasteiger partial charge in [0, 0.05) is 20.3 Å². The minimum absolute atomic E-state index is 0.174. The molecule has 0 aliphatic rings. The predicted molar refractivity (Wildman–Crippen MR) is 49.5 cm³/mol. The molecule has 6 nitrogen and oxygen atoms in total. The number of aromatic nitrogens is 2. The highest BCUT2D eigenvalue weighted by Crippen LogP contribution is 1.96. The standard InChI is InChI=1S/C7H10N4O2/c1-11(2)4-9-5-3-8-7(13)10-6(5)12/h3-4H,1-2H3,(H2,8,10,12,13). The molecule has 0 aromatic carbocycles. The molecule has 0 fully saturated rings. The van der Waals surface area contributed by atoms with E-state index in [4.69, 9.17) is 0 Å². The fraction of sp³-hybridized carbons (Fsp3) is 0.286. The number of nitrogens with zero attached hydrogens (tertiary/aromatic N) is 2. The molecule has 0 saturated heterocycles. The Bertz CT molecular complexity index is 415. The maximum absolute atomic E-state index is 11.0. The zero-order chi connectivity index (χ0) is 9.84. The monoisotopic (exact) mass is 182 g/mol. The third-order valence-electron chi connectivity index (χ3n) is 1.23. The Morgan fingerprint density at radius 2 is 2.15 bits per heavy atom. The predicted octanol–water partition coefficient (Wildman–Crippen LogP) is -0.715. The second kappa shape index (κ2) is 3.70. The molecule has 0 amide bonds. The van der Waals surface area contributed by atoms with Gasteiger partial charge < -0.3 is 9.88 Å². The van der Waals surface area contributed by atoms with Crippen LogP contribution in [0.3, 0.4) is 0 Å². The number of hydrogen-bond donors (Lipinski definition) is 2. The summed E-state index contributed by atoms with van der Waals surface area (Å²) < 4.78 is 0. The maximum atomic E-state index is 11.0. The van der Waals surface area contributed by atoms with Gasteiger partial charge in [-0.15, -0.1) is 0 Å². The van der Waals surface area contributed by atoms with Crippen molar-refractivity contribution in [2.24, 2.45) is 4.99 Å². The first-order chi connectivity index (χ1) is 6.09. The van der Waals surface area contributed by atoms with E-state index in [1.807, 2.05) is 0 Å². The van der Waals surface area contributed by atoms with E-state index in [-0.39, 0.29) is 5.69 Å². The SMILES string of the molecule is CN(C)C=Nc1c[nH]c(=O)[nH]c1=O. The normalized spacial score (nSPS) is 10.6. The van der Waals surface area contributed by atoms with Crippen LogP contribution < -0.4 is 11.2 Å². The Morgan fingerprint density at radius 3 is 2.69 bits per heavy atom. The Morgan fingerprint density at radius 1 is 1.46 bits per heavy atom. The number of aliphatic imine (C=N–C) groups is 1. The number of aromatic amines is 2. The quantitative estimate of drug-likeness (QED) is 0.468. The molecule has 0 aliphatic carbocycles. The fourth-order valence-electron chi connectivity index (χ4n) is 0.676. The highest BCUT2D eigenvalue weighted by molar-refractivity contribution is 5.59. The summed E-state index contributed by atoms with van der Waals surface area (Å²) in [6, 6.07) is 0. The summed E-state index contributed by atoms with van der Waals surface area (Å²) in [7, 11) is 3.56. The van der Waals surface area contributed by atoms with E-state index in [9.17, 15) is 9.59 Å². The highest BCUT2D eigenvalue weighted by atomic mass is 16.2. The average molecular weight is 182 g/mol. The van der Waals surface area contributed by atoms with Crippen molar-refractivity contribution in [3.63, 3.8) is 0 Å². The lowest BCUT2D eigenvalue weighted by atomic mass is 10.5. The van der Waals surface area contributed by atoms with Crippen LogP contribution in [0.15, 0.2) is 20.8 Å². The van der Waals surface area contributed by atoms with Crippen LogP contribution >= 0.6 is 0 Å². The molecule has 0 atom stereocenters. The van der Waals surface area contributed by atoms with Crippen LogP contribution in [0, 0.1) is 0 Å². The largest absolute Gasteiger partial charge is 0.369 e. The van der Waals surface area contributed by atoms with Crippen molar-refractivity contribution in [1.29, 1.82) is 0 Å². The maximum Gasteiger partial charge on any atom is 0.325 e. The summed E-state index contributed by atoms with van der Waals surface area (Å²) in [5, 5.41) is 0. The molecule has 70 valence electrons. The zero-order valence-electron chi connectivity index (χ0n) is 7.37. The molecule has 1 heterocycles. The molecule has 1 rings (SSSR count). The second-order valence-electron chi connectivity index (χ2n) is 2.67. The molecule has 1 aromatic heterocycles. The van der Waals surface area contributed by atoms with Gasteiger partial charge >= 0.3 is 5.69 Å². The van der Waals surface area contributed by atoms with Crippen LogP contribution in [0.2, 0.25) is 0 Å². The first-order valence-corrected chi connectivity index (χ1v) is 3.62. The van der Waals surface area contributed by atoms with Crippen molar-refractivity contribution < 1.29 is 0 Å². The van der Waals surface area contributed by atoms with Crippen LogP contribution in [0.1, 0.15) is 0 Å². The van der Waals surface area contributed by atoms with E-state index in [1.54, 1.807) is 19.0 Å². The molecule has 0 saturated carbocycles. The van der Waals surface area contributed by atoms with E-state index in [0.29, 0.717) is 0 Å². The topological polar surface area (TPSA) is 81.3 Å². The van der Waals surface area contributed by atoms with Crippen LogP contribution in [-0.4, -0.2) is 35.3 Å². The molecule has 1 aromatic rings. The molecule has 6 heteroatoms. The fourth-order valence-corrected chi connectivity index (χ4v) is 0.676. The first kappa shape index (κ1) is 9.24. The molecular weight excluding hydrogens is 172 g/mol. The minimum Gasteiger partial charge on any atom is -0.369 e. The molecule has 0 aliphatic heterocycles. The van der Waals surface area contributed by atoms with Crippen molar-refractivity contribution in [2.45, 2.75) is 0 Å². The van der Waals surface area contributed by atoms with E-state index >= 15 is 0 Å². The highest BCUT2D eigenvalue weighted by Gasteiger charge is 1.95. The zero-order valence-corrected chi connectivity index (χ0v) is 7.37. The van der Waals surface area contributed by atoms with E-state index < -0.39 is 11.2 Å². The molecule has 2 N–H and O–H groups in total. The molecule has 0 radical (unpaired) electrons. The van der Waals surface area contributed by atoms with Crippen LogP contribution in [0.25, 0.3) is 0 Å². The number of hydrogen-bond acceptors (Lipinski definition) is 3. The van der Waals surface area contributed by atoms with Crippen molar-refractivity contribution in [3.05, 3.63) is 27.0 Å². The number of rotatable bonds is 2. The van der Waals surface area contributed by atoms with Gasteiger partial charge in [0.15, 0.2) is 0 Å². The lowest BCUT2D eigenvalue weighted by Gasteiger charge is -2.00. The summed E-state index contributed by atoms with van der Waals surface area (Å²) in [5.41, 5.74) is -0.857. The Balaban J connectivity index is 3.04. The Hall–Kier alpha value is -1.85. The molecule has 0 unspecified atom stereocenters. The first-order valence-electron chi connectivity index (χ1n) is 3.62. The van der Waals surface area contributed by atoms with Crippen LogP contribution in [-0.2, 0) is 0 Å². The summed E-state index contributed by atoms with van der Waals surface area (Å²) in [5.74, 6) is 0. The van der Waals surface area contributed by atoms with Crippen molar-refractivity contribution >= 4 is 12.0 Å². The van der Waals surface area contributed by atoms with Gasteiger partial charge in [-0.05, 0) is 0 Å². The van der Waals surface area contributed by atoms with Gasteiger partial charge in [-0.25, -0.2) is 9.79 Å². The molecule has 0 bridgehead atoms. The van der Waals surface area contributed by atoms with Crippen LogP contribution in [0.5, 0.6) is 0 Å².